The van der Waals surface area contributed by atoms with E-state index >= 15 is 0 Å². The summed E-state index contributed by atoms with van der Waals surface area (Å²) in [7, 11) is 1.59. The van der Waals surface area contributed by atoms with Crippen molar-refractivity contribution in [3.05, 3.63) is 23.2 Å². The molecule has 5 heteroatoms. The van der Waals surface area contributed by atoms with Crippen LogP contribution in [0.1, 0.15) is 26.6 Å². The number of ether oxygens (including phenoxy) is 1. The summed E-state index contributed by atoms with van der Waals surface area (Å²) in [6.45, 7) is 6.12. The first-order valence-electron chi connectivity index (χ1n) is 5.30. The molecule has 17 heavy (non-hydrogen) atoms. The Kier molecular flexibility index (Phi) is 2.91. The van der Waals surface area contributed by atoms with Gasteiger partial charge in [-0.2, -0.15) is 4.98 Å². The molecule has 0 unspecified atom stereocenters. The lowest BCUT2D eigenvalue weighted by Gasteiger charge is -2.18. The lowest BCUT2D eigenvalue weighted by Crippen LogP contribution is -2.16. The van der Waals surface area contributed by atoms with E-state index in [-0.39, 0.29) is 5.41 Å². The summed E-state index contributed by atoms with van der Waals surface area (Å²) in [6.07, 6.45) is 1.62. The maximum absolute atomic E-state index is 6.05. The molecule has 0 N–H and O–H groups in total. The van der Waals surface area contributed by atoms with E-state index in [1.165, 1.54) is 0 Å². The van der Waals surface area contributed by atoms with E-state index in [9.17, 15) is 0 Å². The quantitative estimate of drug-likeness (QED) is 0.731. The van der Waals surface area contributed by atoms with E-state index < -0.39 is 0 Å². The average molecular weight is 252 g/mol. The molecule has 0 aliphatic carbocycles. The zero-order chi connectivity index (χ0) is 12.6. The van der Waals surface area contributed by atoms with E-state index in [0.29, 0.717) is 22.4 Å². The van der Waals surface area contributed by atoms with Gasteiger partial charge in [-0.25, -0.2) is 9.97 Å². The molecule has 0 atom stereocenters. The summed E-state index contributed by atoms with van der Waals surface area (Å²) in [4.78, 5) is 12.9. The van der Waals surface area contributed by atoms with Crippen molar-refractivity contribution in [1.82, 2.24) is 15.0 Å². The maximum Gasteiger partial charge on any atom is 0.224 e. The van der Waals surface area contributed by atoms with Crippen molar-refractivity contribution in [2.24, 2.45) is 0 Å². The third-order valence-electron chi connectivity index (χ3n) is 2.40. The molecule has 0 spiro atoms. The lowest BCUT2D eigenvalue weighted by atomic mass is 9.95. The number of halogens is 1. The molecular weight excluding hydrogens is 238 g/mol. The predicted molar refractivity (Wildman–Crippen MR) is 67.6 cm³/mol. The van der Waals surface area contributed by atoms with E-state index in [2.05, 4.69) is 15.0 Å². The van der Waals surface area contributed by atoms with Crippen molar-refractivity contribution < 1.29 is 4.74 Å². The standard InChI is InChI=1S/C12H14ClN3O/c1-12(2,3)11-15-8-7(10(16-11)17-4)5-6-14-9(8)13/h5-6H,1-4H3. The first-order valence-corrected chi connectivity index (χ1v) is 5.68. The van der Waals surface area contributed by atoms with Crippen molar-refractivity contribution in [3.8, 4) is 5.88 Å². The van der Waals surface area contributed by atoms with Gasteiger partial charge in [-0.05, 0) is 6.07 Å². The van der Waals surface area contributed by atoms with Crippen molar-refractivity contribution in [3.63, 3.8) is 0 Å². The Bertz CT molecular complexity index is 563. The number of aromatic nitrogens is 3. The van der Waals surface area contributed by atoms with Gasteiger partial charge in [0.25, 0.3) is 0 Å². The van der Waals surface area contributed by atoms with Crippen molar-refractivity contribution >= 4 is 22.5 Å². The van der Waals surface area contributed by atoms with E-state index in [4.69, 9.17) is 16.3 Å². The fourth-order valence-electron chi connectivity index (χ4n) is 1.49. The summed E-state index contributed by atoms with van der Waals surface area (Å²) >= 11 is 6.05. The summed E-state index contributed by atoms with van der Waals surface area (Å²) < 4.78 is 5.28. The smallest absolute Gasteiger partial charge is 0.224 e. The molecule has 2 aromatic rings. The molecule has 90 valence electrons. The lowest BCUT2D eigenvalue weighted by molar-refractivity contribution is 0.395. The van der Waals surface area contributed by atoms with Crippen LogP contribution in [0.4, 0.5) is 0 Å². The minimum Gasteiger partial charge on any atom is -0.480 e. The molecule has 0 amide bonds. The first-order chi connectivity index (χ1) is 7.93. The highest BCUT2D eigenvalue weighted by Crippen LogP contribution is 2.29. The van der Waals surface area contributed by atoms with Gasteiger partial charge in [0, 0.05) is 11.6 Å². The Labute approximate surface area is 105 Å². The van der Waals surface area contributed by atoms with Gasteiger partial charge in [-0.1, -0.05) is 32.4 Å². The fourth-order valence-corrected chi connectivity index (χ4v) is 1.69. The van der Waals surface area contributed by atoms with Gasteiger partial charge in [0.15, 0.2) is 5.15 Å². The van der Waals surface area contributed by atoms with Crippen LogP contribution in [-0.2, 0) is 5.41 Å². The molecule has 0 aliphatic rings. The van der Waals surface area contributed by atoms with Crippen LogP contribution in [-0.4, -0.2) is 22.1 Å². The van der Waals surface area contributed by atoms with Crippen LogP contribution in [0, 0.1) is 0 Å². The highest BCUT2D eigenvalue weighted by Gasteiger charge is 2.21. The van der Waals surface area contributed by atoms with Gasteiger partial charge < -0.3 is 4.74 Å². The summed E-state index contributed by atoms with van der Waals surface area (Å²) in [5.41, 5.74) is 0.464. The molecular formula is C12H14ClN3O. The van der Waals surface area contributed by atoms with Gasteiger partial charge in [-0.15, -0.1) is 0 Å². The minimum atomic E-state index is -0.166. The molecule has 2 aromatic heterocycles. The van der Waals surface area contributed by atoms with Crippen molar-refractivity contribution in [2.45, 2.75) is 26.2 Å². The zero-order valence-corrected chi connectivity index (χ0v) is 11.0. The topological polar surface area (TPSA) is 47.9 Å². The zero-order valence-electron chi connectivity index (χ0n) is 10.3. The SMILES string of the molecule is COc1nc(C(C)(C)C)nc2c(Cl)nccc12. The van der Waals surface area contributed by atoms with E-state index in [0.717, 1.165) is 5.39 Å². The van der Waals surface area contributed by atoms with Crippen molar-refractivity contribution in [2.75, 3.05) is 7.11 Å². The normalized spacial score (nSPS) is 11.8. The predicted octanol–water partition coefficient (Wildman–Crippen LogP) is 2.98. The number of nitrogens with zero attached hydrogens (tertiary/aromatic N) is 3. The number of hydrogen-bond donors (Lipinski definition) is 0. The molecule has 0 aliphatic heterocycles. The summed E-state index contributed by atoms with van der Waals surface area (Å²) in [5.74, 6) is 1.22. The largest absolute Gasteiger partial charge is 0.480 e. The van der Waals surface area contributed by atoms with Gasteiger partial charge in [0.05, 0.1) is 12.5 Å². The van der Waals surface area contributed by atoms with E-state index in [1.54, 1.807) is 19.4 Å². The Morgan fingerprint density at radius 2 is 1.94 bits per heavy atom. The molecule has 0 bridgehead atoms. The Morgan fingerprint density at radius 1 is 1.24 bits per heavy atom. The van der Waals surface area contributed by atoms with Gasteiger partial charge in [0.2, 0.25) is 5.88 Å². The Morgan fingerprint density at radius 3 is 2.53 bits per heavy atom. The number of methoxy groups -OCH3 is 1. The molecule has 0 radical (unpaired) electrons. The van der Waals surface area contributed by atoms with Crippen LogP contribution in [0.5, 0.6) is 5.88 Å². The van der Waals surface area contributed by atoms with E-state index in [1.807, 2.05) is 20.8 Å². The second-order valence-corrected chi connectivity index (χ2v) is 5.16. The maximum atomic E-state index is 6.05. The van der Waals surface area contributed by atoms with Crippen LogP contribution in [0.15, 0.2) is 12.3 Å². The number of rotatable bonds is 1. The average Bonchev–Trinajstić information content (AvgIpc) is 2.27. The molecule has 0 aromatic carbocycles. The van der Waals surface area contributed by atoms with Crippen LogP contribution in [0.25, 0.3) is 10.9 Å². The third kappa shape index (κ3) is 2.17. The summed E-state index contributed by atoms with van der Waals surface area (Å²) in [5, 5.41) is 1.15. The number of hydrogen-bond acceptors (Lipinski definition) is 4. The molecule has 0 fully saturated rings. The van der Waals surface area contributed by atoms with Gasteiger partial charge in [-0.3, -0.25) is 0 Å². The number of pyridine rings is 1. The van der Waals surface area contributed by atoms with Gasteiger partial charge in [0.1, 0.15) is 11.3 Å². The Hall–Kier alpha value is -1.42. The molecule has 0 saturated heterocycles. The first kappa shape index (κ1) is 12.0. The van der Waals surface area contributed by atoms with Crippen LogP contribution < -0.4 is 4.74 Å². The van der Waals surface area contributed by atoms with Crippen LogP contribution >= 0.6 is 11.6 Å². The second kappa shape index (κ2) is 4.11. The fraction of sp³-hybridized carbons (Fsp3) is 0.417. The monoisotopic (exact) mass is 251 g/mol. The molecule has 2 heterocycles. The van der Waals surface area contributed by atoms with Crippen LogP contribution in [0.2, 0.25) is 5.15 Å². The highest BCUT2D eigenvalue weighted by molar-refractivity contribution is 6.33. The molecule has 0 saturated carbocycles. The minimum absolute atomic E-state index is 0.166. The van der Waals surface area contributed by atoms with Crippen molar-refractivity contribution in [1.29, 1.82) is 0 Å². The van der Waals surface area contributed by atoms with Crippen LogP contribution in [0.3, 0.4) is 0 Å². The van der Waals surface area contributed by atoms with Gasteiger partial charge >= 0.3 is 0 Å². The highest BCUT2D eigenvalue weighted by atomic mass is 35.5. The molecule has 4 nitrogen and oxygen atoms in total. The Balaban J connectivity index is 2.81. The second-order valence-electron chi connectivity index (χ2n) is 4.80. The third-order valence-corrected chi connectivity index (χ3v) is 2.68. The number of fused-ring (bicyclic) bond motifs is 1. The summed E-state index contributed by atoms with van der Waals surface area (Å²) in [6, 6.07) is 1.80. The molecule has 2 rings (SSSR count).